The quantitative estimate of drug-likeness (QED) is 0.411. The highest BCUT2D eigenvalue weighted by atomic mass is 19.1. The van der Waals surface area contributed by atoms with Crippen LogP contribution in [0.4, 0.5) is 8.78 Å². The fraction of sp³-hybridized carbons (Fsp3) is 0.111. The maximum absolute atomic E-state index is 12.6. The molecule has 1 rings (SSSR count). The Balaban J connectivity index is 3.07. The Hall–Kier alpha value is -1.78. The first-order chi connectivity index (χ1) is 6.54. The van der Waals surface area contributed by atoms with Gasteiger partial charge in [0.15, 0.2) is 0 Å². The predicted molar refractivity (Wildman–Crippen MR) is 42.7 cm³/mol. The molecule has 5 heteroatoms. The zero-order valence-electron chi connectivity index (χ0n) is 7.21. The highest BCUT2D eigenvalue weighted by Crippen LogP contribution is 2.09. The molecule has 0 amide bonds. The molecule has 0 saturated heterocycles. The van der Waals surface area contributed by atoms with Gasteiger partial charge >= 0.3 is 5.97 Å². The van der Waals surface area contributed by atoms with Gasteiger partial charge in [-0.25, -0.2) is 13.6 Å². The van der Waals surface area contributed by atoms with Gasteiger partial charge < -0.3 is 4.74 Å². The number of ketones is 1. The van der Waals surface area contributed by atoms with E-state index in [2.05, 4.69) is 4.74 Å². The normalized spacial score (nSPS) is 9.64. The van der Waals surface area contributed by atoms with Crippen LogP contribution in [0.3, 0.4) is 0 Å². The van der Waals surface area contributed by atoms with Crippen molar-refractivity contribution in [1.82, 2.24) is 0 Å². The molecule has 14 heavy (non-hydrogen) atoms. The first kappa shape index (κ1) is 10.3. The molecule has 0 fully saturated rings. The van der Waals surface area contributed by atoms with E-state index in [9.17, 15) is 18.4 Å². The molecule has 0 aliphatic rings. The standard InChI is InChI=1S/C9H6F2O3/c1-14-9(13)8(12)5-2-6(10)4-7(11)3-5/h2-4H,1H3. The van der Waals surface area contributed by atoms with Crippen molar-refractivity contribution in [2.75, 3.05) is 7.11 Å². The molecular formula is C9H6F2O3. The molecule has 0 unspecified atom stereocenters. The first-order valence-electron chi connectivity index (χ1n) is 3.63. The van der Waals surface area contributed by atoms with Gasteiger partial charge in [0.1, 0.15) is 11.6 Å². The Morgan fingerprint density at radius 3 is 2.07 bits per heavy atom. The van der Waals surface area contributed by atoms with Crippen LogP contribution in [0.15, 0.2) is 18.2 Å². The lowest BCUT2D eigenvalue weighted by Gasteiger charge is -1.99. The number of carbonyl (C=O) groups excluding carboxylic acids is 2. The van der Waals surface area contributed by atoms with E-state index in [4.69, 9.17) is 0 Å². The minimum absolute atomic E-state index is 0.366. The van der Waals surface area contributed by atoms with E-state index in [1.165, 1.54) is 0 Å². The zero-order chi connectivity index (χ0) is 10.7. The van der Waals surface area contributed by atoms with Crippen molar-refractivity contribution in [2.24, 2.45) is 0 Å². The van der Waals surface area contributed by atoms with Gasteiger partial charge in [0, 0.05) is 11.6 Å². The summed E-state index contributed by atoms with van der Waals surface area (Å²) in [5, 5.41) is 0. The van der Waals surface area contributed by atoms with E-state index in [0.717, 1.165) is 19.2 Å². The fourth-order valence-electron chi connectivity index (χ4n) is 0.895. The monoisotopic (exact) mass is 200 g/mol. The van der Waals surface area contributed by atoms with Crippen LogP contribution < -0.4 is 0 Å². The third-order valence-electron chi connectivity index (χ3n) is 1.50. The predicted octanol–water partition coefficient (Wildman–Crippen LogP) is 1.32. The van der Waals surface area contributed by atoms with E-state index < -0.39 is 23.4 Å². The van der Waals surface area contributed by atoms with Crippen LogP contribution in [0.1, 0.15) is 10.4 Å². The second-order valence-corrected chi connectivity index (χ2v) is 2.48. The summed E-state index contributed by atoms with van der Waals surface area (Å²) in [7, 11) is 1.01. The van der Waals surface area contributed by atoms with Gasteiger partial charge in [0.2, 0.25) is 0 Å². The summed E-state index contributed by atoms with van der Waals surface area (Å²) < 4.78 is 29.3. The van der Waals surface area contributed by atoms with Crippen molar-refractivity contribution in [3.05, 3.63) is 35.4 Å². The molecule has 0 N–H and O–H groups in total. The van der Waals surface area contributed by atoms with Crippen LogP contribution in [-0.4, -0.2) is 18.9 Å². The smallest absolute Gasteiger partial charge is 0.379 e. The van der Waals surface area contributed by atoms with Crippen molar-refractivity contribution in [1.29, 1.82) is 0 Å². The summed E-state index contributed by atoms with van der Waals surface area (Å²) in [6.07, 6.45) is 0. The summed E-state index contributed by atoms with van der Waals surface area (Å²) in [5.74, 6) is -4.07. The molecular weight excluding hydrogens is 194 g/mol. The van der Waals surface area contributed by atoms with Crippen LogP contribution in [0.5, 0.6) is 0 Å². The van der Waals surface area contributed by atoms with E-state index in [1.807, 2.05) is 0 Å². The molecule has 0 radical (unpaired) electrons. The van der Waals surface area contributed by atoms with Gasteiger partial charge in [-0.15, -0.1) is 0 Å². The van der Waals surface area contributed by atoms with Gasteiger partial charge in [0.25, 0.3) is 5.78 Å². The second-order valence-electron chi connectivity index (χ2n) is 2.48. The molecule has 0 saturated carbocycles. The fourth-order valence-corrected chi connectivity index (χ4v) is 0.895. The van der Waals surface area contributed by atoms with E-state index in [0.29, 0.717) is 6.07 Å². The number of rotatable bonds is 2. The molecule has 0 aliphatic heterocycles. The first-order valence-corrected chi connectivity index (χ1v) is 3.63. The molecule has 0 heterocycles. The molecule has 74 valence electrons. The number of carbonyl (C=O) groups is 2. The Morgan fingerprint density at radius 1 is 1.14 bits per heavy atom. The summed E-state index contributed by atoms with van der Waals surface area (Å²) in [4.78, 5) is 21.8. The maximum Gasteiger partial charge on any atom is 0.379 e. The van der Waals surface area contributed by atoms with Crippen molar-refractivity contribution in [2.45, 2.75) is 0 Å². The Morgan fingerprint density at radius 2 is 1.64 bits per heavy atom. The lowest BCUT2D eigenvalue weighted by atomic mass is 10.1. The van der Waals surface area contributed by atoms with Gasteiger partial charge in [-0.05, 0) is 12.1 Å². The van der Waals surface area contributed by atoms with Crippen molar-refractivity contribution in [3.63, 3.8) is 0 Å². The molecule has 1 aromatic rings. The number of halogens is 2. The second kappa shape index (κ2) is 3.95. The number of hydrogen-bond donors (Lipinski definition) is 0. The molecule has 0 atom stereocenters. The highest BCUT2D eigenvalue weighted by Gasteiger charge is 2.17. The lowest BCUT2D eigenvalue weighted by Crippen LogP contribution is -2.16. The molecule has 0 aromatic heterocycles. The molecule has 0 spiro atoms. The number of benzene rings is 1. The largest absolute Gasteiger partial charge is 0.463 e. The minimum atomic E-state index is -1.16. The minimum Gasteiger partial charge on any atom is -0.463 e. The van der Waals surface area contributed by atoms with Gasteiger partial charge in [-0.2, -0.15) is 0 Å². The number of methoxy groups -OCH3 is 1. The zero-order valence-corrected chi connectivity index (χ0v) is 7.21. The number of esters is 1. The van der Waals surface area contributed by atoms with Crippen LogP contribution in [0, 0.1) is 11.6 Å². The SMILES string of the molecule is COC(=O)C(=O)c1cc(F)cc(F)c1. The van der Waals surface area contributed by atoms with E-state index in [-0.39, 0.29) is 5.56 Å². The van der Waals surface area contributed by atoms with Crippen LogP contribution in [0.25, 0.3) is 0 Å². The Kier molecular flexibility index (Phi) is 2.91. The average Bonchev–Trinajstić information content (AvgIpc) is 2.14. The summed E-state index contributed by atoms with van der Waals surface area (Å²) in [5.41, 5.74) is -0.366. The van der Waals surface area contributed by atoms with Crippen molar-refractivity contribution < 1.29 is 23.1 Å². The van der Waals surface area contributed by atoms with Gasteiger partial charge in [-0.3, -0.25) is 4.79 Å². The third kappa shape index (κ3) is 2.12. The molecule has 0 bridgehead atoms. The summed E-state index contributed by atoms with van der Waals surface area (Å²) >= 11 is 0. The molecule has 0 aliphatic carbocycles. The number of Topliss-reactive ketones (excluding diaryl/α,β-unsaturated/α-hetero) is 1. The van der Waals surface area contributed by atoms with Crippen LogP contribution in [-0.2, 0) is 9.53 Å². The Bertz CT molecular complexity index is 367. The molecule has 3 nitrogen and oxygen atoms in total. The highest BCUT2D eigenvalue weighted by molar-refractivity contribution is 6.40. The van der Waals surface area contributed by atoms with Gasteiger partial charge in [0.05, 0.1) is 7.11 Å². The Labute approximate surface area is 78.3 Å². The van der Waals surface area contributed by atoms with E-state index >= 15 is 0 Å². The van der Waals surface area contributed by atoms with E-state index in [1.54, 1.807) is 0 Å². The van der Waals surface area contributed by atoms with Crippen molar-refractivity contribution >= 4 is 11.8 Å². The lowest BCUT2D eigenvalue weighted by molar-refractivity contribution is -0.135. The third-order valence-corrected chi connectivity index (χ3v) is 1.50. The number of hydrogen-bond acceptors (Lipinski definition) is 3. The average molecular weight is 200 g/mol. The van der Waals surface area contributed by atoms with Crippen LogP contribution >= 0.6 is 0 Å². The molecule has 1 aromatic carbocycles. The topological polar surface area (TPSA) is 43.4 Å². The number of ether oxygens (including phenoxy) is 1. The maximum atomic E-state index is 12.6. The van der Waals surface area contributed by atoms with Crippen molar-refractivity contribution in [3.8, 4) is 0 Å². The summed E-state index contributed by atoms with van der Waals surface area (Å²) in [6, 6.07) is 2.14. The van der Waals surface area contributed by atoms with Crippen LogP contribution in [0.2, 0.25) is 0 Å². The summed E-state index contributed by atoms with van der Waals surface area (Å²) in [6.45, 7) is 0. The van der Waals surface area contributed by atoms with Gasteiger partial charge in [-0.1, -0.05) is 0 Å².